The fourth-order valence-electron chi connectivity index (χ4n) is 2.94. The Morgan fingerprint density at radius 2 is 1.60 bits per heavy atom. The molecule has 20 heavy (non-hydrogen) atoms. The number of rotatable bonds is 7. The highest BCUT2D eigenvalue weighted by Crippen LogP contribution is 2.22. The van der Waals surface area contributed by atoms with Gasteiger partial charge in [0, 0.05) is 12.3 Å². The molecule has 0 aliphatic heterocycles. The van der Waals surface area contributed by atoms with Gasteiger partial charge in [-0.05, 0) is 29.2 Å². The summed E-state index contributed by atoms with van der Waals surface area (Å²) in [7, 11) is 0. The van der Waals surface area contributed by atoms with E-state index in [4.69, 9.17) is 0 Å². The average Bonchev–Trinajstić information content (AvgIpc) is 2.47. The monoisotopic (exact) mass is 268 g/mol. The Balaban J connectivity index is 2.20. The minimum atomic E-state index is 0.240. The van der Waals surface area contributed by atoms with Crippen LogP contribution in [0.4, 0.5) is 0 Å². The lowest BCUT2D eigenvalue weighted by atomic mass is 9.89. The van der Waals surface area contributed by atoms with Crippen LogP contribution in [0.15, 0.2) is 42.5 Å². The number of hydrogen-bond acceptors (Lipinski definition) is 1. The maximum absolute atomic E-state index is 12.5. The van der Waals surface area contributed by atoms with Crippen molar-refractivity contribution in [3.05, 3.63) is 48.0 Å². The third-order valence-corrected chi connectivity index (χ3v) is 3.97. The number of fused-ring (bicyclic) bond motifs is 1. The quantitative estimate of drug-likeness (QED) is 0.677. The zero-order chi connectivity index (χ0) is 14.4. The van der Waals surface area contributed by atoms with Gasteiger partial charge in [0.1, 0.15) is 5.78 Å². The first-order valence-electron chi connectivity index (χ1n) is 7.75. The van der Waals surface area contributed by atoms with Crippen LogP contribution >= 0.6 is 0 Å². The standard InChI is InChI=1S/C19H24O/c1-3-8-16(9-4-2)19(20)14-17-12-7-11-15-10-5-6-13-18(15)17/h5-7,10-13,16H,3-4,8-9,14H2,1-2H3. The van der Waals surface area contributed by atoms with Crippen LogP contribution in [0.3, 0.4) is 0 Å². The first-order valence-corrected chi connectivity index (χ1v) is 7.75. The Morgan fingerprint density at radius 3 is 2.30 bits per heavy atom. The van der Waals surface area contributed by atoms with Crippen molar-refractivity contribution < 1.29 is 4.79 Å². The summed E-state index contributed by atoms with van der Waals surface area (Å²) in [6, 6.07) is 14.6. The molecule has 0 aromatic heterocycles. The molecular weight excluding hydrogens is 244 g/mol. The van der Waals surface area contributed by atoms with Crippen LogP contribution in [0.5, 0.6) is 0 Å². The highest BCUT2D eigenvalue weighted by Gasteiger charge is 2.17. The first kappa shape index (κ1) is 14.8. The van der Waals surface area contributed by atoms with Crippen LogP contribution in [0.2, 0.25) is 0 Å². The van der Waals surface area contributed by atoms with Gasteiger partial charge in [-0.2, -0.15) is 0 Å². The molecule has 0 N–H and O–H groups in total. The summed E-state index contributed by atoms with van der Waals surface area (Å²) < 4.78 is 0. The van der Waals surface area contributed by atoms with Gasteiger partial charge in [-0.15, -0.1) is 0 Å². The minimum Gasteiger partial charge on any atom is -0.299 e. The van der Waals surface area contributed by atoms with Crippen molar-refractivity contribution in [2.24, 2.45) is 5.92 Å². The van der Waals surface area contributed by atoms with Gasteiger partial charge < -0.3 is 0 Å². The summed E-state index contributed by atoms with van der Waals surface area (Å²) >= 11 is 0. The molecule has 2 rings (SSSR count). The molecule has 0 heterocycles. The zero-order valence-electron chi connectivity index (χ0n) is 12.6. The van der Waals surface area contributed by atoms with Gasteiger partial charge in [-0.1, -0.05) is 69.2 Å². The van der Waals surface area contributed by atoms with Gasteiger partial charge in [-0.3, -0.25) is 4.79 Å². The largest absolute Gasteiger partial charge is 0.299 e. The fourth-order valence-corrected chi connectivity index (χ4v) is 2.94. The van der Waals surface area contributed by atoms with Crippen molar-refractivity contribution in [3.8, 4) is 0 Å². The predicted molar refractivity (Wildman–Crippen MR) is 86.0 cm³/mol. The molecule has 0 unspecified atom stereocenters. The summed E-state index contributed by atoms with van der Waals surface area (Å²) in [5, 5.41) is 2.44. The van der Waals surface area contributed by atoms with Gasteiger partial charge in [0.15, 0.2) is 0 Å². The molecule has 1 nitrogen and oxygen atoms in total. The van der Waals surface area contributed by atoms with E-state index in [-0.39, 0.29) is 5.92 Å². The van der Waals surface area contributed by atoms with E-state index in [0.717, 1.165) is 25.7 Å². The normalized spacial score (nSPS) is 11.2. The molecule has 0 spiro atoms. The number of ketones is 1. The first-order chi connectivity index (χ1) is 9.76. The van der Waals surface area contributed by atoms with Crippen molar-refractivity contribution in [2.45, 2.75) is 46.0 Å². The number of benzene rings is 2. The number of carbonyl (C=O) groups is 1. The summed E-state index contributed by atoms with van der Waals surface area (Å²) in [6.07, 6.45) is 4.80. The molecule has 0 aliphatic carbocycles. The smallest absolute Gasteiger partial charge is 0.140 e. The van der Waals surface area contributed by atoms with Crippen LogP contribution in [-0.2, 0) is 11.2 Å². The Kier molecular flexibility index (Phi) is 5.34. The van der Waals surface area contributed by atoms with Gasteiger partial charge in [0.05, 0.1) is 0 Å². The van der Waals surface area contributed by atoms with Crippen LogP contribution in [0, 0.1) is 5.92 Å². The summed E-state index contributed by atoms with van der Waals surface area (Å²) in [5.41, 5.74) is 1.17. The molecule has 0 saturated carbocycles. The average molecular weight is 268 g/mol. The van der Waals surface area contributed by atoms with Crippen molar-refractivity contribution in [3.63, 3.8) is 0 Å². The van der Waals surface area contributed by atoms with E-state index < -0.39 is 0 Å². The highest BCUT2D eigenvalue weighted by atomic mass is 16.1. The van der Waals surface area contributed by atoms with Crippen LogP contribution in [0.1, 0.15) is 45.1 Å². The van der Waals surface area contributed by atoms with E-state index in [1.165, 1.54) is 16.3 Å². The van der Waals surface area contributed by atoms with Gasteiger partial charge in [0.2, 0.25) is 0 Å². The molecule has 0 amide bonds. The van der Waals surface area contributed by atoms with Crippen molar-refractivity contribution >= 4 is 16.6 Å². The lowest BCUT2D eigenvalue weighted by Gasteiger charge is -2.14. The second kappa shape index (κ2) is 7.23. The third-order valence-electron chi connectivity index (χ3n) is 3.97. The zero-order valence-corrected chi connectivity index (χ0v) is 12.6. The molecular formula is C19H24O. The number of hydrogen-bond donors (Lipinski definition) is 0. The highest BCUT2D eigenvalue weighted by molar-refractivity contribution is 5.91. The van der Waals surface area contributed by atoms with Crippen molar-refractivity contribution in [2.75, 3.05) is 0 Å². The SMILES string of the molecule is CCCC(CCC)C(=O)Cc1cccc2ccccc12. The number of Topliss-reactive ketones (excluding diaryl/α,β-unsaturated/α-hetero) is 1. The molecule has 2 aromatic carbocycles. The Bertz CT molecular complexity index is 559. The molecule has 2 aromatic rings. The van der Waals surface area contributed by atoms with Gasteiger partial charge in [-0.25, -0.2) is 0 Å². The molecule has 0 atom stereocenters. The van der Waals surface area contributed by atoms with Gasteiger partial charge >= 0.3 is 0 Å². The lowest BCUT2D eigenvalue weighted by molar-refractivity contribution is -0.122. The van der Waals surface area contributed by atoms with E-state index in [1.807, 2.05) is 12.1 Å². The fraction of sp³-hybridized carbons (Fsp3) is 0.421. The number of carbonyl (C=O) groups excluding carboxylic acids is 1. The minimum absolute atomic E-state index is 0.240. The molecule has 0 aliphatic rings. The Labute approximate surface area is 122 Å². The van der Waals surface area contributed by atoms with Crippen LogP contribution in [0.25, 0.3) is 10.8 Å². The summed E-state index contributed by atoms with van der Waals surface area (Å²) in [4.78, 5) is 12.5. The second-order valence-corrected chi connectivity index (χ2v) is 5.56. The molecule has 0 saturated heterocycles. The second-order valence-electron chi connectivity index (χ2n) is 5.56. The Morgan fingerprint density at radius 1 is 0.950 bits per heavy atom. The molecule has 0 bridgehead atoms. The van der Waals surface area contributed by atoms with E-state index in [1.54, 1.807) is 0 Å². The van der Waals surface area contributed by atoms with Crippen LogP contribution in [-0.4, -0.2) is 5.78 Å². The van der Waals surface area contributed by atoms with Gasteiger partial charge in [0.25, 0.3) is 0 Å². The molecule has 0 radical (unpaired) electrons. The lowest BCUT2D eigenvalue weighted by Crippen LogP contribution is -2.16. The maximum atomic E-state index is 12.5. The third kappa shape index (κ3) is 3.47. The molecule has 0 fully saturated rings. The van der Waals surface area contributed by atoms with Crippen molar-refractivity contribution in [1.82, 2.24) is 0 Å². The van der Waals surface area contributed by atoms with E-state index in [9.17, 15) is 4.79 Å². The van der Waals surface area contributed by atoms with Crippen LogP contribution < -0.4 is 0 Å². The Hall–Kier alpha value is -1.63. The predicted octanol–water partition coefficient (Wildman–Crippen LogP) is 5.17. The maximum Gasteiger partial charge on any atom is 0.140 e. The summed E-state index contributed by atoms with van der Waals surface area (Å²) in [6.45, 7) is 4.32. The molecule has 1 heteroatoms. The molecule has 106 valence electrons. The topological polar surface area (TPSA) is 17.1 Å². The van der Waals surface area contributed by atoms with E-state index in [2.05, 4.69) is 44.2 Å². The summed E-state index contributed by atoms with van der Waals surface area (Å²) in [5.74, 6) is 0.647. The van der Waals surface area contributed by atoms with E-state index >= 15 is 0 Å². The van der Waals surface area contributed by atoms with E-state index in [0.29, 0.717) is 12.2 Å². The van der Waals surface area contributed by atoms with Crippen molar-refractivity contribution in [1.29, 1.82) is 0 Å².